The second-order valence-electron chi connectivity index (χ2n) is 27.9. The lowest BCUT2D eigenvalue weighted by atomic mass is 9.97. The molecule has 114 heavy (non-hydrogen) atoms. The number of aryl methyl sites for hydroxylation is 1. The van der Waals surface area contributed by atoms with Crippen LogP contribution in [0.5, 0.6) is 0 Å². The summed E-state index contributed by atoms with van der Waals surface area (Å²) in [5.74, 6) is -19.9. The zero-order chi connectivity index (χ0) is 84.2. The van der Waals surface area contributed by atoms with E-state index < -0.39 is 228 Å². The molecule has 25 N–H and O–H groups in total. The van der Waals surface area contributed by atoms with Gasteiger partial charge in [-0.2, -0.15) is 0 Å². The third-order valence-electron chi connectivity index (χ3n) is 18.5. The van der Waals surface area contributed by atoms with Crippen LogP contribution in [0.3, 0.4) is 0 Å². The van der Waals surface area contributed by atoms with Gasteiger partial charge in [0.2, 0.25) is 88.6 Å². The molecule has 620 valence electrons. The lowest BCUT2D eigenvalue weighted by molar-refractivity contribution is -0.141. The Hall–Kier alpha value is -11.8. The number of aromatic amines is 2. The number of para-hydroxylation sites is 2. The normalized spacial score (nSPS) is 22.6. The van der Waals surface area contributed by atoms with Crippen molar-refractivity contribution in [2.45, 2.75) is 185 Å². The first-order chi connectivity index (χ1) is 53.9. The Labute approximate surface area is 663 Å². The number of hydrogen-bond acceptors (Lipinski definition) is 21. The van der Waals surface area contributed by atoms with Crippen LogP contribution >= 0.6 is 21.6 Å². The number of carboxylic acid groups (broad SMARTS) is 1. The smallest absolute Gasteiger partial charge is 0.305 e. The Bertz CT molecular complexity index is 4310. The van der Waals surface area contributed by atoms with Crippen molar-refractivity contribution >= 4 is 144 Å². The number of fused-ring (bicyclic) bond motifs is 2. The number of carboxylic acids is 1. The molecular formula is C72H102N22O18S2. The van der Waals surface area contributed by atoms with Crippen LogP contribution in [-0.2, 0) is 103 Å². The second kappa shape index (κ2) is 43.8. The zero-order valence-corrected chi connectivity index (χ0v) is 65.8. The van der Waals surface area contributed by atoms with E-state index in [1.165, 1.54) is 46.4 Å². The van der Waals surface area contributed by atoms with Crippen molar-refractivity contribution in [1.29, 1.82) is 5.41 Å². The molecule has 14 atom stereocenters. The minimum absolute atomic E-state index is 0.00256. The molecule has 0 bridgehead atoms. The number of nitrogens with two attached hydrogens (primary N) is 3. The number of hydrogen-bond donors (Lipinski definition) is 22. The molecule has 6 rings (SSSR count). The highest BCUT2D eigenvalue weighted by molar-refractivity contribution is 8.76. The Morgan fingerprint density at radius 2 is 1.24 bits per heavy atom. The van der Waals surface area contributed by atoms with E-state index in [-0.39, 0.29) is 44.3 Å². The minimum atomic E-state index is -2.06. The second-order valence-corrected chi connectivity index (χ2v) is 30.5. The van der Waals surface area contributed by atoms with Crippen molar-refractivity contribution < 1.29 is 86.9 Å². The molecule has 1 fully saturated rings. The fourth-order valence-corrected chi connectivity index (χ4v) is 14.5. The van der Waals surface area contributed by atoms with Gasteiger partial charge in [-0.3, -0.25) is 82.1 Å². The summed E-state index contributed by atoms with van der Waals surface area (Å²) < 4.78 is 1.74. The van der Waals surface area contributed by atoms with E-state index in [9.17, 15) is 72.5 Å². The van der Waals surface area contributed by atoms with Gasteiger partial charge in [-0.15, -0.1) is 0 Å². The standard InChI is InChI=1S/C72H102N22O18S2/c1-9-35(4)58(83-38(7)96)71(112)91-52-32-114-113-31-51(69(110)93-59(37(6)95)60(74)101)90-63(104)45(18-14-22-78-72(75)76)84-66(107)49(25-41-28-77-33-81-41)86-61(102)36(5)82-55(98)29-80-62(103)47(23-39-27-79-44-17-12-10-15-42(39)44)87-67(108)50(26-56(99)100)88-64(105)46(20-21-54(73)97)85-65(106)48(89-70(111)57(34(2)3)92-68(52)109)24-40-30-94(8)53-19-13-11-16-43(40)53/h10-13,15-17,19,27-28,30,33-37,45-52,57-59,79,95H,9,14,18,20-26,29,31-32H2,1-8H3,(H2,73,97)(H2,74,101)(H,77,81)(H,80,103)(H,82,98)(H,83,96)(H,84,107)(H,85,106)(H,86,102)(H,87,108)(H,88,105)(H,89,111)(H,90,104)(H,91,112)(H,92,109)(H,93,110)(H,99,100)(H4,75,76,78)/t35-,36-,37+,45-,46-,47-,48-,49?,50-,51-,52-,57-,58-,59-/m0/s1. The SMILES string of the molecule is CC[C@H](C)[C@H](NC(C)=O)C(=O)N[C@H]1CSSC[C@@H](C(=O)N[C@H](C(N)=O)[C@@H](C)O)NC(=O)[C@H](CCCNC(=N)N)NC(=O)C(Cc2cnc[nH]2)NC(=O)[C@H](C)NC(=O)CNC(=O)[C@H](Cc2c[nH]c3ccccc23)NC(=O)[C@H](CC(=O)O)NC(=O)[C@H](CCC(N)=O)NC(=O)[C@H](Cc2cn(C)c3ccccc23)NC(=O)[C@H](C(C)C)NC1=O. The van der Waals surface area contributed by atoms with E-state index >= 15 is 14.4 Å². The largest absolute Gasteiger partial charge is 0.481 e. The van der Waals surface area contributed by atoms with Gasteiger partial charge in [-0.25, -0.2) is 4.98 Å². The van der Waals surface area contributed by atoms with Gasteiger partial charge in [-0.05, 0) is 68.2 Å². The summed E-state index contributed by atoms with van der Waals surface area (Å²) in [6.45, 7) is 9.12. The van der Waals surface area contributed by atoms with Crippen LogP contribution in [0.25, 0.3) is 21.8 Å². The molecule has 1 unspecified atom stereocenters. The summed E-state index contributed by atoms with van der Waals surface area (Å²) in [6, 6.07) is -6.09. The highest BCUT2D eigenvalue weighted by atomic mass is 33.1. The minimum Gasteiger partial charge on any atom is -0.481 e. The number of aromatic nitrogens is 4. The lowest BCUT2D eigenvalue weighted by Crippen LogP contribution is -2.61. The van der Waals surface area contributed by atoms with E-state index in [0.717, 1.165) is 28.5 Å². The summed E-state index contributed by atoms with van der Waals surface area (Å²) in [5.41, 5.74) is 19.2. The monoisotopic (exact) mass is 1630 g/mol. The summed E-state index contributed by atoms with van der Waals surface area (Å²) in [6.07, 6.45) is 0.938. The molecule has 15 amide bonds. The number of aliphatic hydroxyl groups excluding tert-OH is 1. The molecule has 0 spiro atoms. The number of carbonyl (C=O) groups excluding carboxylic acids is 15. The molecule has 3 aromatic heterocycles. The number of nitrogens with one attached hydrogen (secondary N) is 17. The number of carbonyl (C=O) groups is 16. The predicted molar refractivity (Wildman–Crippen MR) is 418 cm³/mol. The topological polar surface area (TPSA) is 633 Å². The maximum atomic E-state index is 15.2. The van der Waals surface area contributed by atoms with Crippen LogP contribution in [0.2, 0.25) is 0 Å². The van der Waals surface area contributed by atoms with Crippen molar-refractivity contribution in [3.05, 3.63) is 90.3 Å². The number of rotatable bonds is 25. The molecular weight excluding hydrogens is 1530 g/mol. The average Bonchev–Trinajstić information content (AvgIpc) is 1.65. The highest BCUT2D eigenvalue weighted by Crippen LogP contribution is 2.26. The van der Waals surface area contributed by atoms with Crippen molar-refractivity contribution in [2.24, 2.45) is 36.1 Å². The van der Waals surface area contributed by atoms with Gasteiger partial charge in [-0.1, -0.05) is 92.1 Å². The number of benzene rings is 2. The molecule has 0 radical (unpaired) electrons. The molecule has 0 aliphatic carbocycles. The summed E-state index contributed by atoms with van der Waals surface area (Å²) >= 11 is 0. The van der Waals surface area contributed by atoms with E-state index in [0.29, 0.717) is 39.4 Å². The number of amides is 15. The quantitative estimate of drug-likeness (QED) is 0.0113. The Balaban J connectivity index is 1.48. The van der Waals surface area contributed by atoms with Crippen molar-refractivity contribution in [2.75, 3.05) is 24.6 Å². The van der Waals surface area contributed by atoms with Crippen LogP contribution in [0, 0.1) is 17.2 Å². The lowest BCUT2D eigenvalue weighted by Gasteiger charge is -2.29. The number of nitrogens with zero attached hydrogens (tertiary/aromatic N) is 2. The maximum absolute atomic E-state index is 15.2. The van der Waals surface area contributed by atoms with Crippen LogP contribution < -0.4 is 91.6 Å². The zero-order valence-electron chi connectivity index (χ0n) is 64.2. The fourth-order valence-electron chi connectivity index (χ4n) is 12.1. The molecule has 2 aromatic carbocycles. The van der Waals surface area contributed by atoms with Gasteiger partial charge < -0.3 is 116 Å². The first kappa shape index (κ1) is 91.1. The summed E-state index contributed by atoms with van der Waals surface area (Å²) in [5, 5.41) is 65.1. The summed E-state index contributed by atoms with van der Waals surface area (Å²) in [7, 11) is 3.37. The predicted octanol–water partition coefficient (Wildman–Crippen LogP) is -4.65. The van der Waals surface area contributed by atoms with E-state index in [2.05, 4.69) is 89.4 Å². The van der Waals surface area contributed by atoms with E-state index in [1.54, 1.807) is 80.2 Å². The Kier molecular flexibility index (Phi) is 35.0. The first-order valence-electron chi connectivity index (χ1n) is 36.7. The molecule has 1 aliphatic heterocycles. The van der Waals surface area contributed by atoms with Crippen molar-refractivity contribution in [3.8, 4) is 0 Å². The molecule has 1 aliphatic rings. The molecule has 4 heterocycles. The maximum Gasteiger partial charge on any atom is 0.305 e. The van der Waals surface area contributed by atoms with Gasteiger partial charge in [0, 0.05) is 104 Å². The third-order valence-corrected chi connectivity index (χ3v) is 20.9. The van der Waals surface area contributed by atoms with Crippen molar-refractivity contribution in [1.82, 2.24) is 94.0 Å². The first-order valence-corrected chi connectivity index (χ1v) is 39.2. The van der Waals surface area contributed by atoms with Crippen LogP contribution in [0.1, 0.15) is 104 Å². The van der Waals surface area contributed by atoms with Gasteiger partial charge in [0.1, 0.15) is 72.5 Å². The number of H-pyrrole nitrogens is 2. The number of aliphatic carboxylic acids is 1. The van der Waals surface area contributed by atoms with Gasteiger partial charge in [0.25, 0.3) is 0 Å². The number of guanidine groups is 1. The average molecular weight is 1630 g/mol. The molecule has 5 aromatic rings. The molecule has 42 heteroatoms. The Morgan fingerprint density at radius 1 is 0.658 bits per heavy atom. The van der Waals surface area contributed by atoms with Gasteiger partial charge >= 0.3 is 5.97 Å². The number of imidazole rings is 1. The van der Waals surface area contributed by atoms with E-state index in [1.807, 2.05) is 0 Å². The number of primary amides is 2. The molecule has 40 nitrogen and oxygen atoms in total. The fraction of sp³-hybridized carbons (Fsp3) is 0.500. The van der Waals surface area contributed by atoms with E-state index in [4.69, 9.17) is 22.6 Å². The highest BCUT2D eigenvalue weighted by Gasteiger charge is 2.39. The van der Waals surface area contributed by atoms with Crippen molar-refractivity contribution in [3.63, 3.8) is 0 Å². The van der Waals surface area contributed by atoms with Crippen LogP contribution in [0.15, 0.2) is 73.4 Å². The van der Waals surface area contributed by atoms with Crippen LogP contribution in [-0.4, -0.2) is 233 Å². The molecule has 0 saturated carbocycles. The third kappa shape index (κ3) is 27.8. The van der Waals surface area contributed by atoms with Gasteiger partial charge in [0.05, 0.1) is 25.4 Å². The molecule has 1 saturated heterocycles. The van der Waals surface area contributed by atoms with Gasteiger partial charge in [0.15, 0.2) is 5.96 Å². The number of aliphatic hydroxyl groups is 1. The van der Waals surface area contributed by atoms with Crippen LogP contribution in [0.4, 0.5) is 0 Å². The Morgan fingerprint density at radius 3 is 1.86 bits per heavy atom. The summed E-state index contributed by atoms with van der Waals surface area (Å²) in [4.78, 5) is 236.